The molecule has 0 aliphatic heterocycles. The van der Waals surface area contributed by atoms with Gasteiger partial charge in [-0.2, -0.15) is 5.10 Å². The quantitative estimate of drug-likeness (QED) is 0.621. The SMILES string of the molecule is CN=C(NCc1ccc(OC)c(OC)c1)NCc1cnn(C)c1. The summed E-state index contributed by atoms with van der Waals surface area (Å²) in [6.07, 6.45) is 3.79. The Kier molecular flexibility index (Phi) is 5.85. The van der Waals surface area contributed by atoms with E-state index in [9.17, 15) is 0 Å². The zero-order valence-corrected chi connectivity index (χ0v) is 14.0. The summed E-state index contributed by atoms with van der Waals surface area (Å²) in [5.74, 6) is 2.16. The van der Waals surface area contributed by atoms with Gasteiger partial charge in [0.05, 0.1) is 20.4 Å². The number of nitrogens with zero attached hydrogens (tertiary/aromatic N) is 3. The Labute approximate surface area is 136 Å². The highest BCUT2D eigenvalue weighted by atomic mass is 16.5. The van der Waals surface area contributed by atoms with Crippen LogP contribution in [-0.4, -0.2) is 37.0 Å². The molecule has 1 aromatic carbocycles. The fourth-order valence-electron chi connectivity index (χ4n) is 2.15. The molecule has 0 amide bonds. The van der Waals surface area contributed by atoms with E-state index in [0.717, 1.165) is 22.8 Å². The number of hydrogen-bond acceptors (Lipinski definition) is 4. The first-order chi connectivity index (χ1) is 11.2. The summed E-state index contributed by atoms with van der Waals surface area (Å²) in [6.45, 7) is 1.30. The minimum Gasteiger partial charge on any atom is -0.493 e. The third-order valence-electron chi connectivity index (χ3n) is 3.35. The topological polar surface area (TPSA) is 72.7 Å². The van der Waals surface area contributed by atoms with E-state index in [1.54, 1.807) is 25.9 Å². The molecule has 2 rings (SSSR count). The highest BCUT2D eigenvalue weighted by Gasteiger charge is 2.05. The number of aromatic nitrogens is 2. The fraction of sp³-hybridized carbons (Fsp3) is 0.375. The van der Waals surface area contributed by atoms with Crippen molar-refractivity contribution in [3.8, 4) is 11.5 Å². The van der Waals surface area contributed by atoms with E-state index < -0.39 is 0 Å². The molecule has 1 heterocycles. The van der Waals surface area contributed by atoms with Crippen molar-refractivity contribution in [1.82, 2.24) is 20.4 Å². The first-order valence-electron chi connectivity index (χ1n) is 7.29. The maximum absolute atomic E-state index is 5.31. The van der Waals surface area contributed by atoms with Crippen LogP contribution in [0.1, 0.15) is 11.1 Å². The van der Waals surface area contributed by atoms with Gasteiger partial charge in [-0.1, -0.05) is 6.07 Å². The summed E-state index contributed by atoms with van der Waals surface area (Å²) < 4.78 is 12.3. The summed E-state index contributed by atoms with van der Waals surface area (Å²) in [5, 5.41) is 10.7. The largest absolute Gasteiger partial charge is 0.493 e. The van der Waals surface area contributed by atoms with Gasteiger partial charge in [-0.3, -0.25) is 9.67 Å². The number of guanidine groups is 1. The Balaban J connectivity index is 1.90. The van der Waals surface area contributed by atoms with E-state index >= 15 is 0 Å². The van der Waals surface area contributed by atoms with E-state index in [0.29, 0.717) is 18.8 Å². The molecular formula is C16H23N5O2. The summed E-state index contributed by atoms with van der Waals surface area (Å²) in [7, 11) is 6.89. The zero-order valence-electron chi connectivity index (χ0n) is 14.0. The molecule has 0 saturated heterocycles. The molecule has 0 saturated carbocycles. The highest BCUT2D eigenvalue weighted by molar-refractivity contribution is 5.79. The normalized spacial score (nSPS) is 11.2. The second kappa shape index (κ2) is 8.07. The third kappa shape index (κ3) is 4.64. The van der Waals surface area contributed by atoms with Crippen LogP contribution in [-0.2, 0) is 20.1 Å². The Bertz CT molecular complexity index is 666. The number of rotatable bonds is 6. The van der Waals surface area contributed by atoms with Crippen molar-refractivity contribution in [3.05, 3.63) is 41.7 Å². The molecule has 0 fully saturated rings. The predicted molar refractivity (Wildman–Crippen MR) is 89.8 cm³/mol. The third-order valence-corrected chi connectivity index (χ3v) is 3.35. The number of methoxy groups -OCH3 is 2. The Morgan fingerprint density at radius 1 is 1.13 bits per heavy atom. The van der Waals surface area contributed by atoms with Gasteiger partial charge in [0, 0.05) is 38.9 Å². The van der Waals surface area contributed by atoms with Crippen molar-refractivity contribution in [2.75, 3.05) is 21.3 Å². The Hall–Kier alpha value is -2.70. The molecule has 2 aromatic rings. The minimum atomic E-state index is 0.632. The van der Waals surface area contributed by atoms with Gasteiger partial charge in [0.2, 0.25) is 0 Å². The van der Waals surface area contributed by atoms with E-state index in [1.165, 1.54) is 0 Å². The van der Waals surface area contributed by atoms with Gasteiger partial charge in [-0.15, -0.1) is 0 Å². The van der Waals surface area contributed by atoms with Gasteiger partial charge in [0.15, 0.2) is 17.5 Å². The molecule has 1 aromatic heterocycles. The molecule has 0 radical (unpaired) electrons. The molecule has 0 unspecified atom stereocenters. The second-order valence-corrected chi connectivity index (χ2v) is 4.99. The summed E-state index contributed by atoms with van der Waals surface area (Å²) in [5.41, 5.74) is 2.17. The minimum absolute atomic E-state index is 0.632. The van der Waals surface area contributed by atoms with Crippen molar-refractivity contribution in [3.63, 3.8) is 0 Å². The smallest absolute Gasteiger partial charge is 0.191 e. The van der Waals surface area contributed by atoms with Gasteiger partial charge >= 0.3 is 0 Å². The van der Waals surface area contributed by atoms with Crippen molar-refractivity contribution >= 4 is 5.96 Å². The Morgan fingerprint density at radius 2 is 1.83 bits per heavy atom. The molecule has 7 heteroatoms. The van der Waals surface area contributed by atoms with Gasteiger partial charge in [-0.25, -0.2) is 0 Å². The van der Waals surface area contributed by atoms with Gasteiger partial charge in [0.1, 0.15) is 0 Å². The standard InChI is InChI=1S/C16H23N5O2/c1-17-16(19-9-13-10-20-21(2)11-13)18-8-12-5-6-14(22-3)15(7-12)23-4/h5-7,10-11H,8-9H2,1-4H3,(H2,17,18,19). The first kappa shape index (κ1) is 16.7. The summed E-state index contributed by atoms with van der Waals surface area (Å²) >= 11 is 0. The molecule has 0 bridgehead atoms. The van der Waals surface area contributed by atoms with Crippen LogP contribution < -0.4 is 20.1 Å². The number of nitrogens with one attached hydrogen (secondary N) is 2. The molecule has 0 spiro atoms. The van der Waals surface area contributed by atoms with Crippen LogP contribution in [0.15, 0.2) is 35.6 Å². The van der Waals surface area contributed by atoms with Crippen LogP contribution in [0.25, 0.3) is 0 Å². The monoisotopic (exact) mass is 317 g/mol. The number of ether oxygens (including phenoxy) is 2. The number of aryl methyl sites for hydroxylation is 1. The molecule has 0 aliphatic rings. The lowest BCUT2D eigenvalue weighted by atomic mass is 10.2. The molecule has 7 nitrogen and oxygen atoms in total. The zero-order chi connectivity index (χ0) is 16.7. The van der Waals surface area contributed by atoms with Crippen molar-refractivity contribution in [2.24, 2.45) is 12.0 Å². The highest BCUT2D eigenvalue weighted by Crippen LogP contribution is 2.27. The lowest BCUT2D eigenvalue weighted by Gasteiger charge is -2.13. The lowest BCUT2D eigenvalue weighted by molar-refractivity contribution is 0.354. The number of benzene rings is 1. The van der Waals surface area contributed by atoms with Gasteiger partial charge in [0.25, 0.3) is 0 Å². The fourth-order valence-corrected chi connectivity index (χ4v) is 2.15. The molecule has 124 valence electrons. The maximum Gasteiger partial charge on any atom is 0.191 e. The van der Waals surface area contributed by atoms with Crippen LogP contribution >= 0.6 is 0 Å². The molecular weight excluding hydrogens is 294 g/mol. The summed E-state index contributed by atoms with van der Waals surface area (Å²) in [6, 6.07) is 5.82. The average Bonchev–Trinajstić information content (AvgIpc) is 3.00. The summed E-state index contributed by atoms with van der Waals surface area (Å²) in [4.78, 5) is 4.21. The number of hydrogen-bond donors (Lipinski definition) is 2. The molecule has 0 atom stereocenters. The molecule has 0 aliphatic carbocycles. The van der Waals surface area contributed by atoms with E-state index in [2.05, 4.69) is 20.7 Å². The predicted octanol–water partition coefficient (Wildman–Crippen LogP) is 1.30. The maximum atomic E-state index is 5.31. The second-order valence-electron chi connectivity index (χ2n) is 4.99. The van der Waals surface area contributed by atoms with Crippen LogP contribution in [0.3, 0.4) is 0 Å². The first-order valence-corrected chi connectivity index (χ1v) is 7.29. The van der Waals surface area contributed by atoms with Crippen molar-refractivity contribution < 1.29 is 9.47 Å². The van der Waals surface area contributed by atoms with E-state index in [4.69, 9.17) is 9.47 Å². The van der Waals surface area contributed by atoms with E-state index in [-0.39, 0.29) is 0 Å². The number of aliphatic imine (C=N–C) groups is 1. The van der Waals surface area contributed by atoms with Crippen molar-refractivity contribution in [2.45, 2.75) is 13.1 Å². The molecule has 2 N–H and O–H groups in total. The van der Waals surface area contributed by atoms with Crippen LogP contribution in [0.5, 0.6) is 11.5 Å². The lowest BCUT2D eigenvalue weighted by Crippen LogP contribution is -2.36. The van der Waals surface area contributed by atoms with Crippen molar-refractivity contribution in [1.29, 1.82) is 0 Å². The van der Waals surface area contributed by atoms with Gasteiger partial charge in [-0.05, 0) is 17.7 Å². The Morgan fingerprint density at radius 3 is 2.39 bits per heavy atom. The van der Waals surface area contributed by atoms with Crippen LogP contribution in [0, 0.1) is 0 Å². The molecule has 23 heavy (non-hydrogen) atoms. The van der Waals surface area contributed by atoms with Gasteiger partial charge < -0.3 is 20.1 Å². The van der Waals surface area contributed by atoms with Crippen LogP contribution in [0.4, 0.5) is 0 Å². The average molecular weight is 317 g/mol. The van der Waals surface area contributed by atoms with E-state index in [1.807, 2.05) is 37.6 Å². The van der Waals surface area contributed by atoms with Crippen LogP contribution in [0.2, 0.25) is 0 Å².